The van der Waals surface area contributed by atoms with Gasteiger partial charge in [-0.25, -0.2) is 5.01 Å². The number of carbonyl (C=O) groups excluding carboxylic acids is 1. The van der Waals surface area contributed by atoms with E-state index in [0.29, 0.717) is 28.3 Å². The molecule has 1 heterocycles. The number of carbonyl (C=O) groups is 2. The van der Waals surface area contributed by atoms with E-state index < -0.39 is 18.4 Å². The van der Waals surface area contributed by atoms with Crippen molar-refractivity contribution in [1.82, 2.24) is 10.3 Å². The average molecular weight is 407 g/mol. The van der Waals surface area contributed by atoms with Crippen molar-refractivity contribution < 1.29 is 24.5 Å². The molecule has 1 amide bonds. The largest absolute Gasteiger partial charge is 0.505 e. The van der Waals surface area contributed by atoms with Crippen molar-refractivity contribution in [1.29, 1.82) is 0 Å². The Hall–Kier alpha value is -4.07. The van der Waals surface area contributed by atoms with Gasteiger partial charge in [0.25, 0.3) is 5.91 Å². The van der Waals surface area contributed by atoms with Crippen LogP contribution >= 0.6 is 0 Å². The summed E-state index contributed by atoms with van der Waals surface area (Å²) in [6.07, 6.45) is 3.21. The Morgan fingerprint density at radius 2 is 1.83 bits per heavy atom. The Balaban J connectivity index is 2.07. The first-order valence-electron chi connectivity index (χ1n) is 9.22. The lowest BCUT2D eigenvalue weighted by Gasteiger charge is -2.31. The maximum Gasteiger partial charge on any atom is 0.322 e. The number of fused-ring (bicyclic) bond motifs is 1. The second-order valence-corrected chi connectivity index (χ2v) is 6.26. The van der Waals surface area contributed by atoms with Crippen LogP contribution < -0.4 is 10.1 Å². The lowest BCUT2D eigenvalue weighted by Crippen LogP contribution is -2.37. The zero-order valence-electron chi connectivity index (χ0n) is 16.5. The molecule has 1 aliphatic heterocycles. The third-order valence-electron chi connectivity index (χ3n) is 4.28. The van der Waals surface area contributed by atoms with Crippen LogP contribution in [-0.4, -0.2) is 39.9 Å². The molecule has 0 bridgehead atoms. The van der Waals surface area contributed by atoms with Gasteiger partial charge in [0.2, 0.25) is 0 Å². The summed E-state index contributed by atoms with van der Waals surface area (Å²) < 4.78 is 5.88. The van der Waals surface area contributed by atoms with Crippen molar-refractivity contribution >= 4 is 29.5 Å². The van der Waals surface area contributed by atoms with Crippen LogP contribution in [-0.2, 0) is 9.59 Å². The number of carboxylic acid groups (broad SMARTS) is 1. The number of rotatable bonds is 6. The predicted molar refractivity (Wildman–Crippen MR) is 113 cm³/mol. The number of nitrogens with zero attached hydrogens (tertiary/aromatic N) is 2. The van der Waals surface area contributed by atoms with E-state index in [9.17, 15) is 14.7 Å². The number of para-hydroxylation sites is 1. The standard InChI is InChI=1S/C22H21N3O5/c1-3-18-17-12-15(30-14-8-6-5-7-9-14)10-11-16(17)21(28)20(25(18)24-4-2)22(29)23-13-19(26)27/h3-12,28H,13H2,1-2H3,(H,23,29)(H,26,27)/b18-3+,24-4-. The van der Waals surface area contributed by atoms with Crippen LogP contribution in [0.5, 0.6) is 11.5 Å². The zero-order chi connectivity index (χ0) is 21.7. The van der Waals surface area contributed by atoms with Gasteiger partial charge in [0, 0.05) is 17.3 Å². The van der Waals surface area contributed by atoms with Crippen molar-refractivity contribution in [2.45, 2.75) is 13.8 Å². The van der Waals surface area contributed by atoms with Gasteiger partial charge in [-0.1, -0.05) is 24.3 Å². The van der Waals surface area contributed by atoms with Crippen molar-refractivity contribution in [3.8, 4) is 11.5 Å². The van der Waals surface area contributed by atoms with E-state index in [2.05, 4.69) is 10.4 Å². The number of carboxylic acids is 1. The number of amides is 1. The van der Waals surface area contributed by atoms with Crippen LogP contribution in [0.3, 0.4) is 0 Å². The molecule has 0 saturated carbocycles. The molecule has 3 rings (SSSR count). The molecule has 0 unspecified atom stereocenters. The summed E-state index contributed by atoms with van der Waals surface area (Å²) in [5, 5.41) is 27.4. The third-order valence-corrected chi connectivity index (χ3v) is 4.28. The molecule has 2 aromatic carbocycles. The van der Waals surface area contributed by atoms with Crippen molar-refractivity contribution in [3.63, 3.8) is 0 Å². The highest BCUT2D eigenvalue weighted by atomic mass is 16.5. The highest BCUT2D eigenvalue weighted by molar-refractivity contribution is 6.04. The number of hydrazone groups is 1. The number of allylic oxidation sites excluding steroid dienone is 1. The predicted octanol–water partition coefficient (Wildman–Crippen LogP) is 3.59. The molecule has 0 saturated heterocycles. The van der Waals surface area contributed by atoms with Gasteiger partial charge in [-0.3, -0.25) is 9.59 Å². The molecule has 2 aromatic rings. The van der Waals surface area contributed by atoms with Crippen LogP contribution in [0.25, 0.3) is 11.5 Å². The van der Waals surface area contributed by atoms with Crippen LogP contribution in [0.15, 0.2) is 65.4 Å². The maximum atomic E-state index is 12.6. The maximum absolute atomic E-state index is 12.6. The number of aliphatic carboxylic acids is 1. The molecule has 0 fully saturated rings. The second kappa shape index (κ2) is 8.95. The first kappa shape index (κ1) is 20.7. The fraction of sp³-hybridized carbons (Fsp3) is 0.136. The molecule has 8 nitrogen and oxygen atoms in total. The molecule has 8 heteroatoms. The first-order chi connectivity index (χ1) is 14.5. The molecule has 0 aliphatic carbocycles. The Bertz CT molecular complexity index is 1060. The van der Waals surface area contributed by atoms with Crippen molar-refractivity contribution in [2.24, 2.45) is 5.10 Å². The SMILES string of the molecule is C/C=N\N1C(C(=O)NCC(=O)O)=C(O)c2ccc(Oc3ccccc3)cc2/C1=C\C. The molecule has 0 spiro atoms. The molecular formula is C22H21N3O5. The third kappa shape index (κ3) is 4.17. The van der Waals surface area contributed by atoms with Gasteiger partial charge in [0.15, 0.2) is 11.5 Å². The first-order valence-corrected chi connectivity index (χ1v) is 9.22. The van der Waals surface area contributed by atoms with Crippen LogP contribution in [0.1, 0.15) is 25.0 Å². The Labute approximate surface area is 173 Å². The van der Waals surface area contributed by atoms with Crippen LogP contribution in [0.4, 0.5) is 0 Å². The van der Waals surface area contributed by atoms with Gasteiger partial charge in [-0.2, -0.15) is 5.10 Å². The number of benzene rings is 2. The summed E-state index contributed by atoms with van der Waals surface area (Å²) in [5.74, 6) is -1.05. The number of aliphatic hydroxyl groups is 1. The fourth-order valence-corrected chi connectivity index (χ4v) is 3.05. The topological polar surface area (TPSA) is 111 Å². The summed E-state index contributed by atoms with van der Waals surface area (Å²) in [6, 6.07) is 14.3. The number of hydrogen-bond donors (Lipinski definition) is 3. The summed E-state index contributed by atoms with van der Waals surface area (Å²) in [7, 11) is 0. The van der Waals surface area contributed by atoms with Crippen molar-refractivity contribution in [2.75, 3.05) is 6.54 Å². The molecule has 30 heavy (non-hydrogen) atoms. The van der Waals surface area contributed by atoms with Gasteiger partial charge in [-0.15, -0.1) is 0 Å². The van der Waals surface area contributed by atoms with E-state index in [4.69, 9.17) is 9.84 Å². The van der Waals surface area contributed by atoms with Gasteiger partial charge in [-0.05, 0) is 44.2 Å². The van der Waals surface area contributed by atoms with E-state index in [0.717, 1.165) is 0 Å². The number of nitrogens with one attached hydrogen (secondary N) is 1. The number of ether oxygens (including phenoxy) is 1. The molecule has 0 atom stereocenters. The smallest absolute Gasteiger partial charge is 0.322 e. The van der Waals surface area contributed by atoms with Gasteiger partial charge in [0.05, 0.1) is 5.70 Å². The molecule has 0 radical (unpaired) electrons. The summed E-state index contributed by atoms with van der Waals surface area (Å²) in [4.78, 5) is 23.4. The van der Waals surface area contributed by atoms with Gasteiger partial charge in [0.1, 0.15) is 18.0 Å². The molecule has 154 valence electrons. The lowest BCUT2D eigenvalue weighted by molar-refractivity contribution is -0.137. The highest BCUT2D eigenvalue weighted by Gasteiger charge is 2.33. The molecule has 1 aliphatic rings. The number of aliphatic hydroxyl groups excluding tert-OH is 1. The lowest BCUT2D eigenvalue weighted by atomic mass is 9.96. The summed E-state index contributed by atoms with van der Waals surface area (Å²) in [6.45, 7) is 2.86. The molecule has 3 N–H and O–H groups in total. The van der Waals surface area contributed by atoms with Crippen molar-refractivity contribution in [3.05, 3.63) is 71.4 Å². The average Bonchev–Trinajstić information content (AvgIpc) is 2.73. The normalized spacial score (nSPS) is 14.7. The second-order valence-electron chi connectivity index (χ2n) is 6.26. The minimum Gasteiger partial charge on any atom is -0.505 e. The highest BCUT2D eigenvalue weighted by Crippen LogP contribution is 2.40. The van der Waals surface area contributed by atoms with Gasteiger partial charge >= 0.3 is 5.97 Å². The van der Waals surface area contributed by atoms with Crippen LogP contribution in [0, 0.1) is 0 Å². The minimum absolute atomic E-state index is 0.160. The molecule has 0 aromatic heterocycles. The summed E-state index contributed by atoms with van der Waals surface area (Å²) in [5.41, 5.74) is 1.40. The summed E-state index contributed by atoms with van der Waals surface area (Å²) >= 11 is 0. The van der Waals surface area contributed by atoms with E-state index in [1.807, 2.05) is 30.3 Å². The molecular weight excluding hydrogens is 386 g/mol. The Morgan fingerprint density at radius 1 is 1.10 bits per heavy atom. The Morgan fingerprint density at radius 3 is 2.47 bits per heavy atom. The van der Waals surface area contributed by atoms with E-state index >= 15 is 0 Å². The Kier molecular flexibility index (Phi) is 6.17. The monoisotopic (exact) mass is 407 g/mol. The van der Waals surface area contributed by atoms with E-state index in [1.54, 1.807) is 38.1 Å². The number of hydrogen-bond acceptors (Lipinski definition) is 6. The van der Waals surface area contributed by atoms with E-state index in [-0.39, 0.29) is 11.5 Å². The van der Waals surface area contributed by atoms with E-state index in [1.165, 1.54) is 11.2 Å². The fourth-order valence-electron chi connectivity index (χ4n) is 3.05. The zero-order valence-corrected chi connectivity index (χ0v) is 16.5. The van der Waals surface area contributed by atoms with Gasteiger partial charge < -0.3 is 20.3 Å². The minimum atomic E-state index is -1.20. The quantitative estimate of drug-likeness (QED) is 0.631. The van der Waals surface area contributed by atoms with Crippen LogP contribution in [0.2, 0.25) is 0 Å².